The van der Waals surface area contributed by atoms with E-state index in [9.17, 15) is 0 Å². The van der Waals surface area contributed by atoms with E-state index in [1.165, 1.54) is 0 Å². The summed E-state index contributed by atoms with van der Waals surface area (Å²) < 4.78 is 1.81. The Kier molecular flexibility index (Phi) is 2.67. The third-order valence-electron chi connectivity index (χ3n) is 2.60. The zero-order chi connectivity index (χ0) is 12.4. The van der Waals surface area contributed by atoms with Crippen LogP contribution in [0.1, 0.15) is 5.69 Å². The Balaban J connectivity index is 2.21. The summed E-state index contributed by atoms with van der Waals surface area (Å²) >= 11 is 1.64. The van der Waals surface area contributed by atoms with Gasteiger partial charge in [-0.25, -0.2) is 4.68 Å². The third kappa shape index (κ3) is 1.81. The number of rotatable bonds is 2. The second-order valence-corrected chi connectivity index (χ2v) is 4.70. The Bertz CT molecular complexity index is 690. The predicted molar refractivity (Wildman–Crippen MR) is 71.6 cm³/mol. The summed E-state index contributed by atoms with van der Waals surface area (Å²) in [6, 6.07) is 17.8. The first-order valence-electron chi connectivity index (χ1n) is 5.48. The van der Waals surface area contributed by atoms with E-state index in [4.69, 9.17) is 5.26 Å². The molecule has 0 unspecified atom stereocenters. The van der Waals surface area contributed by atoms with Gasteiger partial charge in [0, 0.05) is 6.07 Å². The summed E-state index contributed by atoms with van der Waals surface area (Å²) in [5.41, 5.74) is 2.34. The van der Waals surface area contributed by atoms with E-state index in [-0.39, 0.29) is 0 Å². The Morgan fingerprint density at radius 1 is 1.11 bits per heavy atom. The molecule has 3 aromatic rings. The molecule has 0 amide bonds. The van der Waals surface area contributed by atoms with Crippen LogP contribution in [0.2, 0.25) is 0 Å². The molecule has 0 N–H and O–H groups in total. The smallest absolute Gasteiger partial charge is 0.163 e. The van der Waals surface area contributed by atoms with Crippen LogP contribution in [-0.2, 0) is 0 Å². The second-order valence-electron chi connectivity index (χ2n) is 3.75. The highest BCUT2D eigenvalue weighted by Crippen LogP contribution is 2.27. The van der Waals surface area contributed by atoms with Gasteiger partial charge in [0.2, 0.25) is 0 Å². The Hall–Kier alpha value is -2.38. The van der Waals surface area contributed by atoms with Crippen LogP contribution in [0, 0.1) is 11.3 Å². The van der Waals surface area contributed by atoms with Gasteiger partial charge < -0.3 is 0 Å². The molecule has 86 valence electrons. The van der Waals surface area contributed by atoms with Crippen molar-refractivity contribution in [3.05, 3.63) is 59.6 Å². The Morgan fingerprint density at radius 2 is 1.94 bits per heavy atom. The molecule has 2 aromatic heterocycles. The van der Waals surface area contributed by atoms with Gasteiger partial charge in [0.25, 0.3) is 0 Å². The summed E-state index contributed by atoms with van der Waals surface area (Å²) in [5.74, 6) is 0. The van der Waals surface area contributed by atoms with Crippen molar-refractivity contribution in [3.63, 3.8) is 0 Å². The highest BCUT2D eigenvalue weighted by atomic mass is 32.1. The predicted octanol–water partition coefficient (Wildman–Crippen LogP) is 3.47. The average molecular weight is 251 g/mol. The van der Waals surface area contributed by atoms with Gasteiger partial charge in [-0.05, 0) is 23.6 Å². The molecule has 0 fully saturated rings. The minimum absolute atomic E-state index is 0.433. The molecular weight excluding hydrogens is 242 g/mol. The van der Waals surface area contributed by atoms with E-state index < -0.39 is 0 Å². The minimum Gasteiger partial charge on any atom is -0.231 e. The van der Waals surface area contributed by atoms with E-state index in [1.54, 1.807) is 11.3 Å². The Morgan fingerprint density at radius 3 is 2.61 bits per heavy atom. The molecule has 0 saturated heterocycles. The molecule has 0 aliphatic carbocycles. The number of thiophene rings is 1. The lowest BCUT2D eigenvalue weighted by atomic mass is 10.3. The number of hydrogen-bond acceptors (Lipinski definition) is 3. The van der Waals surface area contributed by atoms with Crippen LogP contribution in [0.25, 0.3) is 16.3 Å². The van der Waals surface area contributed by atoms with Gasteiger partial charge in [0.05, 0.1) is 16.3 Å². The lowest BCUT2D eigenvalue weighted by Gasteiger charge is -2.04. The van der Waals surface area contributed by atoms with Crippen molar-refractivity contribution < 1.29 is 0 Å². The molecule has 18 heavy (non-hydrogen) atoms. The molecule has 2 heterocycles. The number of para-hydroxylation sites is 1. The van der Waals surface area contributed by atoms with Crippen molar-refractivity contribution in [3.8, 4) is 22.3 Å². The molecule has 4 heteroatoms. The summed E-state index contributed by atoms with van der Waals surface area (Å²) in [4.78, 5) is 1.10. The molecule has 3 nitrogen and oxygen atoms in total. The zero-order valence-electron chi connectivity index (χ0n) is 9.45. The van der Waals surface area contributed by atoms with Gasteiger partial charge in [0.15, 0.2) is 5.69 Å². The molecule has 0 atom stereocenters. The first kappa shape index (κ1) is 10.8. The SMILES string of the molecule is N#Cc1cc(-c2cccs2)n(-c2ccccc2)n1. The van der Waals surface area contributed by atoms with E-state index in [0.717, 1.165) is 16.3 Å². The van der Waals surface area contributed by atoms with Gasteiger partial charge >= 0.3 is 0 Å². The lowest BCUT2D eigenvalue weighted by Crippen LogP contribution is -1.97. The summed E-state index contributed by atoms with van der Waals surface area (Å²) in [7, 11) is 0. The van der Waals surface area contributed by atoms with Gasteiger partial charge in [-0.3, -0.25) is 0 Å². The molecule has 0 aliphatic rings. The standard InChI is InChI=1S/C14H9N3S/c15-10-11-9-13(14-7-4-8-18-14)17(16-11)12-5-2-1-3-6-12/h1-9H. The van der Waals surface area contributed by atoms with Crippen molar-refractivity contribution in [1.82, 2.24) is 9.78 Å². The van der Waals surface area contributed by atoms with Crippen LogP contribution in [0.4, 0.5) is 0 Å². The fraction of sp³-hybridized carbons (Fsp3) is 0. The van der Waals surface area contributed by atoms with Gasteiger partial charge in [-0.2, -0.15) is 10.4 Å². The number of hydrogen-bond donors (Lipinski definition) is 0. The van der Waals surface area contributed by atoms with Crippen LogP contribution in [0.3, 0.4) is 0 Å². The number of benzene rings is 1. The van der Waals surface area contributed by atoms with Crippen molar-refractivity contribution in [2.24, 2.45) is 0 Å². The molecule has 0 aliphatic heterocycles. The molecular formula is C14H9N3S. The van der Waals surface area contributed by atoms with E-state index in [2.05, 4.69) is 11.2 Å². The maximum atomic E-state index is 9.00. The van der Waals surface area contributed by atoms with Crippen LogP contribution in [0.15, 0.2) is 53.9 Å². The lowest BCUT2D eigenvalue weighted by molar-refractivity contribution is 0.882. The minimum atomic E-state index is 0.433. The topological polar surface area (TPSA) is 41.6 Å². The maximum Gasteiger partial charge on any atom is 0.163 e. The first-order chi connectivity index (χ1) is 8.88. The highest BCUT2D eigenvalue weighted by molar-refractivity contribution is 7.13. The maximum absolute atomic E-state index is 9.00. The van der Waals surface area contributed by atoms with Crippen LogP contribution >= 0.6 is 11.3 Å². The molecule has 1 aromatic carbocycles. The van der Waals surface area contributed by atoms with Crippen molar-refractivity contribution in [2.45, 2.75) is 0 Å². The van der Waals surface area contributed by atoms with Crippen molar-refractivity contribution >= 4 is 11.3 Å². The van der Waals surface area contributed by atoms with Crippen LogP contribution in [-0.4, -0.2) is 9.78 Å². The van der Waals surface area contributed by atoms with E-state index in [1.807, 2.05) is 58.6 Å². The quantitative estimate of drug-likeness (QED) is 0.699. The van der Waals surface area contributed by atoms with Crippen LogP contribution in [0.5, 0.6) is 0 Å². The summed E-state index contributed by atoms with van der Waals surface area (Å²) in [5, 5.41) is 15.3. The normalized spacial score (nSPS) is 10.2. The summed E-state index contributed by atoms with van der Waals surface area (Å²) in [6.07, 6.45) is 0. The number of aromatic nitrogens is 2. The highest BCUT2D eigenvalue weighted by Gasteiger charge is 2.11. The number of nitrogens with zero attached hydrogens (tertiary/aromatic N) is 3. The molecule has 0 spiro atoms. The summed E-state index contributed by atoms with van der Waals surface area (Å²) in [6.45, 7) is 0. The molecule has 0 radical (unpaired) electrons. The van der Waals surface area contributed by atoms with Gasteiger partial charge in [-0.15, -0.1) is 11.3 Å². The zero-order valence-corrected chi connectivity index (χ0v) is 10.3. The van der Waals surface area contributed by atoms with E-state index in [0.29, 0.717) is 5.69 Å². The van der Waals surface area contributed by atoms with Gasteiger partial charge in [0.1, 0.15) is 6.07 Å². The third-order valence-corrected chi connectivity index (χ3v) is 3.49. The second kappa shape index (κ2) is 4.47. The monoisotopic (exact) mass is 251 g/mol. The molecule has 0 bridgehead atoms. The fourth-order valence-electron chi connectivity index (χ4n) is 1.80. The van der Waals surface area contributed by atoms with Gasteiger partial charge in [-0.1, -0.05) is 24.3 Å². The first-order valence-corrected chi connectivity index (χ1v) is 6.36. The largest absolute Gasteiger partial charge is 0.231 e. The average Bonchev–Trinajstić information content (AvgIpc) is 3.08. The molecule has 3 rings (SSSR count). The van der Waals surface area contributed by atoms with Crippen molar-refractivity contribution in [1.29, 1.82) is 5.26 Å². The number of nitriles is 1. The van der Waals surface area contributed by atoms with Crippen LogP contribution < -0.4 is 0 Å². The fourth-order valence-corrected chi connectivity index (χ4v) is 2.53. The van der Waals surface area contributed by atoms with Crippen molar-refractivity contribution in [2.75, 3.05) is 0 Å². The van der Waals surface area contributed by atoms with E-state index >= 15 is 0 Å². The molecule has 0 saturated carbocycles. The Labute approximate surface area is 109 Å².